The standard InChI is InChI=1S/C13H17NO/c1-5-11-7-6-8-12(9-11)14(4)13(15)10(2)3/h6-9H,2,5H2,1,3-4H3. The molecular weight excluding hydrogens is 186 g/mol. The number of hydrogen-bond donors (Lipinski definition) is 0. The van der Waals surface area contributed by atoms with E-state index in [9.17, 15) is 4.79 Å². The molecule has 0 N–H and O–H groups in total. The zero-order valence-corrected chi connectivity index (χ0v) is 9.58. The summed E-state index contributed by atoms with van der Waals surface area (Å²) in [5, 5.41) is 0. The maximum atomic E-state index is 11.7. The zero-order valence-electron chi connectivity index (χ0n) is 9.58. The van der Waals surface area contributed by atoms with Crippen LogP contribution in [-0.2, 0) is 11.2 Å². The van der Waals surface area contributed by atoms with E-state index in [1.807, 2.05) is 18.2 Å². The molecule has 0 fully saturated rings. The smallest absolute Gasteiger partial charge is 0.253 e. The topological polar surface area (TPSA) is 20.3 Å². The lowest BCUT2D eigenvalue weighted by molar-refractivity contribution is -0.114. The van der Waals surface area contributed by atoms with Gasteiger partial charge in [-0.1, -0.05) is 25.6 Å². The fourth-order valence-electron chi connectivity index (χ4n) is 1.39. The lowest BCUT2D eigenvalue weighted by Crippen LogP contribution is -2.26. The van der Waals surface area contributed by atoms with Crippen molar-refractivity contribution in [1.82, 2.24) is 0 Å². The van der Waals surface area contributed by atoms with Crippen molar-refractivity contribution in [3.8, 4) is 0 Å². The van der Waals surface area contributed by atoms with Crippen LogP contribution < -0.4 is 4.90 Å². The Morgan fingerprint density at radius 3 is 2.67 bits per heavy atom. The van der Waals surface area contributed by atoms with Crippen molar-refractivity contribution in [3.05, 3.63) is 42.0 Å². The molecule has 0 saturated heterocycles. The summed E-state index contributed by atoms with van der Waals surface area (Å²) in [6, 6.07) is 7.99. The summed E-state index contributed by atoms with van der Waals surface area (Å²) >= 11 is 0. The second-order valence-corrected chi connectivity index (χ2v) is 3.67. The molecule has 1 amide bonds. The third kappa shape index (κ3) is 2.69. The number of aryl methyl sites for hydroxylation is 1. The number of rotatable bonds is 3. The molecule has 0 atom stereocenters. The number of anilines is 1. The first-order valence-corrected chi connectivity index (χ1v) is 5.08. The highest BCUT2D eigenvalue weighted by Gasteiger charge is 2.10. The molecule has 0 aliphatic carbocycles. The lowest BCUT2D eigenvalue weighted by Gasteiger charge is -2.17. The Bertz CT molecular complexity index is 382. The van der Waals surface area contributed by atoms with Crippen LogP contribution >= 0.6 is 0 Å². The van der Waals surface area contributed by atoms with Gasteiger partial charge in [0.05, 0.1) is 0 Å². The summed E-state index contributed by atoms with van der Waals surface area (Å²) in [7, 11) is 1.77. The SMILES string of the molecule is C=C(C)C(=O)N(C)c1cccc(CC)c1. The number of amides is 1. The molecule has 2 heteroatoms. The van der Waals surface area contributed by atoms with E-state index < -0.39 is 0 Å². The number of benzene rings is 1. The van der Waals surface area contributed by atoms with Gasteiger partial charge in [0.2, 0.25) is 0 Å². The molecule has 15 heavy (non-hydrogen) atoms. The molecule has 80 valence electrons. The second-order valence-electron chi connectivity index (χ2n) is 3.67. The minimum Gasteiger partial charge on any atom is -0.312 e. The number of carbonyl (C=O) groups is 1. The zero-order chi connectivity index (χ0) is 11.4. The molecule has 1 rings (SSSR count). The van der Waals surface area contributed by atoms with Crippen LogP contribution in [0.4, 0.5) is 5.69 Å². The van der Waals surface area contributed by atoms with Gasteiger partial charge >= 0.3 is 0 Å². The molecule has 0 heterocycles. The number of nitrogens with zero attached hydrogens (tertiary/aromatic N) is 1. The summed E-state index contributed by atoms with van der Waals surface area (Å²) in [4.78, 5) is 13.3. The van der Waals surface area contributed by atoms with Crippen LogP contribution in [0, 0.1) is 0 Å². The van der Waals surface area contributed by atoms with Crippen molar-refractivity contribution in [2.75, 3.05) is 11.9 Å². The average Bonchev–Trinajstić information content (AvgIpc) is 2.27. The average molecular weight is 203 g/mol. The van der Waals surface area contributed by atoms with Crippen molar-refractivity contribution >= 4 is 11.6 Å². The van der Waals surface area contributed by atoms with Crippen molar-refractivity contribution in [3.63, 3.8) is 0 Å². The van der Waals surface area contributed by atoms with Crippen LogP contribution in [0.5, 0.6) is 0 Å². The Hall–Kier alpha value is -1.57. The number of hydrogen-bond acceptors (Lipinski definition) is 1. The first-order chi connectivity index (χ1) is 7.06. The summed E-state index contributed by atoms with van der Waals surface area (Å²) in [6.45, 7) is 7.47. The molecule has 0 unspecified atom stereocenters. The van der Waals surface area contributed by atoms with Gasteiger partial charge < -0.3 is 4.90 Å². The van der Waals surface area contributed by atoms with E-state index in [1.54, 1.807) is 18.9 Å². The lowest BCUT2D eigenvalue weighted by atomic mass is 10.1. The van der Waals surface area contributed by atoms with E-state index in [4.69, 9.17) is 0 Å². The molecule has 2 nitrogen and oxygen atoms in total. The molecule has 0 aromatic heterocycles. The maximum absolute atomic E-state index is 11.7. The van der Waals surface area contributed by atoms with Crippen molar-refractivity contribution in [2.45, 2.75) is 20.3 Å². The minimum absolute atomic E-state index is 0.0387. The summed E-state index contributed by atoms with van der Waals surface area (Å²) in [5.74, 6) is -0.0387. The summed E-state index contributed by atoms with van der Waals surface area (Å²) in [5.41, 5.74) is 2.70. The maximum Gasteiger partial charge on any atom is 0.253 e. The quantitative estimate of drug-likeness (QED) is 0.692. The molecule has 0 spiro atoms. The number of carbonyl (C=O) groups excluding carboxylic acids is 1. The van der Waals surface area contributed by atoms with E-state index in [1.165, 1.54) is 5.56 Å². The predicted octanol–water partition coefficient (Wildman–Crippen LogP) is 2.79. The summed E-state index contributed by atoms with van der Waals surface area (Å²) in [6.07, 6.45) is 0.975. The van der Waals surface area contributed by atoms with Crippen LogP contribution in [0.25, 0.3) is 0 Å². The van der Waals surface area contributed by atoms with Gasteiger partial charge in [-0.15, -0.1) is 0 Å². The van der Waals surface area contributed by atoms with E-state index in [-0.39, 0.29) is 5.91 Å². The Morgan fingerprint density at radius 2 is 2.13 bits per heavy atom. The highest BCUT2D eigenvalue weighted by Crippen LogP contribution is 2.16. The third-order valence-corrected chi connectivity index (χ3v) is 2.38. The van der Waals surface area contributed by atoms with Gasteiger partial charge in [-0.3, -0.25) is 4.79 Å². The van der Waals surface area contributed by atoms with Crippen molar-refractivity contribution < 1.29 is 4.79 Å². The normalized spacial score (nSPS) is 9.80. The molecule has 0 bridgehead atoms. The highest BCUT2D eigenvalue weighted by molar-refractivity contribution is 6.04. The van der Waals surface area contributed by atoms with Crippen LogP contribution in [0.15, 0.2) is 36.4 Å². The van der Waals surface area contributed by atoms with Gasteiger partial charge in [-0.2, -0.15) is 0 Å². The molecule has 1 aromatic rings. The van der Waals surface area contributed by atoms with Crippen LogP contribution in [0.3, 0.4) is 0 Å². The monoisotopic (exact) mass is 203 g/mol. The van der Waals surface area contributed by atoms with Gasteiger partial charge in [0, 0.05) is 18.3 Å². The van der Waals surface area contributed by atoms with E-state index in [2.05, 4.69) is 19.6 Å². The Balaban J connectivity index is 2.95. The molecule has 0 saturated carbocycles. The summed E-state index contributed by atoms with van der Waals surface area (Å²) < 4.78 is 0. The Kier molecular flexibility index (Phi) is 3.67. The Morgan fingerprint density at radius 1 is 1.47 bits per heavy atom. The van der Waals surface area contributed by atoms with Crippen LogP contribution in [-0.4, -0.2) is 13.0 Å². The van der Waals surface area contributed by atoms with Crippen molar-refractivity contribution in [1.29, 1.82) is 0 Å². The Labute approximate surface area is 91.2 Å². The van der Waals surface area contributed by atoms with Crippen molar-refractivity contribution in [2.24, 2.45) is 0 Å². The first kappa shape index (κ1) is 11.5. The van der Waals surface area contributed by atoms with Gasteiger partial charge in [0.1, 0.15) is 0 Å². The molecule has 1 aromatic carbocycles. The van der Waals surface area contributed by atoms with Gasteiger partial charge in [0.25, 0.3) is 5.91 Å². The first-order valence-electron chi connectivity index (χ1n) is 5.08. The number of likely N-dealkylation sites (N-methyl/N-ethyl adjacent to an activating group) is 1. The molecular formula is C13H17NO. The van der Waals surface area contributed by atoms with Crippen LogP contribution in [0.2, 0.25) is 0 Å². The fraction of sp³-hybridized carbons (Fsp3) is 0.308. The fourth-order valence-corrected chi connectivity index (χ4v) is 1.39. The molecule has 0 radical (unpaired) electrons. The van der Waals surface area contributed by atoms with E-state index in [0.717, 1.165) is 12.1 Å². The van der Waals surface area contributed by atoms with Gasteiger partial charge in [0.15, 0.2) is 0 Å². The highest BCUT2D eigenvalue weighted by atomic mass is 16.2. The van der Waals surface area contributed by atoms with E-state index >= 15 is 0 Å². The van der Waals surface area contributed by atoms with Gasteiger partial charge in [-0.05, 0) is 31.0 Å². The second kappa shape index (κ2) is 4.78. The molecule has 0 aliphatic heterocycles. The van der Waals surface area contributed by atoms with Gasteiger partial charge in [-0.25, -0.2) is 0 Å². The third-order valence-electron chi connectivity index (χ3n) is 2.38. The minimum atomic E-state index is -0.0387. The molecule has 0 aliphatic rings. The predicted molar refractivity (Wildman–Crippen MR) is 64.0 cm³/mol. The van der Waals surface area contributed by atoms with E-state index in [0.29, 0.717) is 5.57 Å². The van der Waals surface area contributed by atoms with Crippen LogP contribution in [0.1, 0.15) is 19.4 Å². The largest absolute Gasteiger partial charge is 0.312 e.